The lowest BCUT2D eigenvalue weighted by atomic mass is 9.96. The second kappa shape index (κ2) is 12.2. The van der Waals surface area contributed by atoms with Crippen LogP contribution in [-0.4, -0.2) is 17.2 Å². The molecule has 29 heavy (non-hydrogen) atoms. The highest BCUT2D eigenvalue weighted by molar-refractivity contribution is 5.81. The number of rotatable bonds is 12. The van der Waals surface area contributed by atoms with Gasteiger partial charge in [0.15, 0.2) is 0 Å². The van der Waals surface area contributed by atoms with E-state index in [0.29, 0.717) is 6.42 Å². The number of hydrogen-bond acceptors (Lipinski definition) is 3. The molecule has 0 saturated heterocycles. The third kappa shape index (κ3) is 7.51. The third-order valence-electron chi connectivity index (χ3n) is 5.21. The van der Waals surface area contributed by atoms with Crippen LogP contribution in [0.5, 0.6) is 0 Å². The van der Waals surface area contributed by atoms with E-state index in [9.17, 15) is 9.90 Å². The third-order valence-corrected chi connectivity index (χ3v) is 5.21. The van der Waals surface area contributed by atoms with E-state index in [1.807, 2.05) is 24.3 Å². The lowest BCUT2D eigenvalue weighted by molar-refractivity contribution is -0.149. The van der Waals surface area contributed by atoms with Crippen molar-refractivity contribution in [1.82, 2.24) is 0 Å². The number of ether oxygens (including phenoxy) is 1. The summed E-state index contributed by atoms with van der Waals surface area (Å²) in [6.45, 7) is 7.84. The second-order valence-corrected chi connectivity index (χ2v) is 7.59. The van der Waals surface area contributed by atoms with E-state index in [2.05, 4.69) is 44.7 Å². The average Bonchev–Trinajstić information content (AvgIpc) is 2.76. The van der Waals surface area contributed by atoms with Gasteiger partial charge in [-0.05, 0) is 47.9 Å². The van der Waals surface area contributed by atoms with Gasteiger partial charge < -0.3 is 9.84 Å². The van der Waals surface area contributed by atoms with Crippen LogP contribution < -0.4 is 0 Å². The van der Waals surface area contributed by atoms with Gasteiger partial charge in [-0.2, -0.15) is 0 Å². The van der Waals surface area contributed by atoms with Crippen molar-refractivity contribution in [2.24, 2.45) is 0 Å². The molecule has 0 amide bonds. The summed E-state index contributed by atoms with van der Waals surface area (Å²) in [5, 5.41) is 10.9. The number of carbonyl (C=O) groups is 1. The van der Waals surface area contributed by atoms with Crippen molar-refractivity contribution >= 4 is 5.97 Å². The second-order valence-electron chi connectivity index (χ2n) is 7.59. The highest BCUT2D eigenvalue weighted by atomic mass is 16.6. The van der Waals surface area contributed by atoms with Crippen LogP contribution >= 0.6 is 0 Å². The van der Waals surface area contributed by atoms with Crippen LogP contribution in [0.1, 0.15) is 67.9 Å². The first-order valence-corrected chi connectivity index (χ1v) is 10.7. The van der Waals surface area contributed by atoms with Gasteiger partial charge in [0, 0.05) is 12.5 Å². The molecule has 0 aliphatic carbocycles. The van der Waals surface area contributed by atoms with Gasteiger partial charge in [0.25, 0.3) is 0 Å². The first-order valence-electron chi connectivity index (χ1n) is 10.7. The van der Waals surface area contributed by atoms with Crippen LogP contribution in [0, 0.1) is 0 Å². The van der Waals surface area contributed by atoms with Crippen LogP contribution in [0.15, 0.2) is 61.2 Å². The highest BCUT2D eigenvalue weighted by Crippen LogP contribution is 2.24. The van der Waals surface area contributed by atoms with Crippen molar-refractivity contribution < 1.29 is 14.6 Å². The summed E-state index contributed by atoms with van der Waals surface area (Å²) in [5.41, 5.74) is 4.35. The fourth-order valence-corrected chi connectivity index (χ4v) is 3.35. The number of hydrogen-bond donors (Lipinski definition) is 1. The van der Waals surface area contributed by atoms with E-state index in [-0.39, 0.29) is 0 Å². The fourth-order valence-electron chi connectivity index (χ4n) is 3.35. The molecule has 2 aromatic carbocycles. The Balaban J connectivity index is 2.11. The molecule has 156 valence electrons. The maximum atomic E-state index is 11.8. The zero-order valence-electron chi connectivity index (χ0n) is 17.8. The number of aliphatic hydroxyl groups excluding tert-OH is 1. The quantitative estimate of drug-likeness (QED) is 0.368. The minimum atomic E-state index is -0.890. The van der Waals surface area contributed by atoms with Gasteiger partial charge in [-0.3, -0.25) is 0 Å². The predicted molar refractivity (Wildman–Crippen MR) is 119 cm³/mol. The molecule has 3 heteroatoms. The van der Waals surface area contributed by atoms with Gasteiger partial charge in [-0.25, -0.2) is 4.79 Å². The summed E-state index contributed by atoms with van der Waals surface area (Å²) in [4.78, 5) is 11.8. The molecule has 0 radical (unpaired) electrons. The van der Waals surface area contributed by atoms with E-state index >= 15 is 0 Å². The summed E-state index contributed by atoms with van der Waals surface area (Å²) in [6, 6.07) is 16.3. The molecule has 0 aromatic heterocycles. The zero-order chi connectivity index (χ0) is 21.1. The number of aryl methyl sites for hydroxylation is 2. The smallest absolute Gasteiger partial charge is 0.330 e. The van der Waals surface area contributed by atoms with Crippen molar-refractivity contribution in [2.75, 3.05) is 0 Å². The number of benzene rings is 2. The van der Waals surface area contributed by atoms with Crippen LogP contribution in [0.2, 0.25) is 0 Å². The number of esters is 1. The van der Waals surface area contributed by atoms with E-state index in [4.69, 9.17) is 4.74 Å². The molecular weight excluding hydrogens is 360 g/mol. The van der Waals surface area contributed by atoms with E-state index < -0.39 is 18.2 Å². The summed E-state index contributed by atoms with van der Waals surface area (Å²) in [5.74, 6) is -0.520. The highest BCUT2D eigenvalue weighted by Gasteiger charge is 2.24. The number of carbonyl (C=O) groups excluding carboxylic acids is 1. The summed E-state index contributed by atoms with van der Waals surface area (Å²) >= 11 is 0. The topological polar surface area (TPSA) is 46.5 Å². The van der Waals surface area contributed by atoms with Gasteiger partial charge in [0.1, 0.15) is 12.2 Å². The van der Waals surface area contributed by atoms with Crippen LogP contribution in [0.4, 0.5) is 0 Å². The zero-order valence-corrected chi connectivity index (χ0v) is 17.8. The minimum Gasteiger partial charge on any atom is -0.456 e. The average molecular weight is 395 g/mol. The molecule has 0 saturated carbocycles. The summed E-state index contributed by atoms with van der Waals surface area (Å²) in [7, 11) is 0. The Morgan fingerprint density at radius 1 is 0.931 bits per heavy atom. The maximum Gasteiger partial charge on any atom is 0.330 e. The molecule has 0 fully saturated rings. The van der Waals surface area contributed by atoms with Gasteiger partial charge in [0.2, 0.25) is 0 Å². The predicted octanol–water partition coefficient (Wildman–Crippen LogP) is 5.75. The van der Waals surface area contributed by atoms with Crippen molar-refractivity contribution in [3.8, 4) is 0 Å². The van der Waals surface area contributed by atoms with Crippen LogP contribution in [0.25, 0.3) is 0 Å². The van der Waals surface area contributed by atoms with Crippen LogP contribution in [-0.2, 0) is 28.8 Å². The van der Waals surface area contributed by atoms with E-state index in [1.54, 1.807) is 0 Å². The van der Waals surface area contributed by atoms with Gasteiger partial charge >= 0.3 is 5.97 Å². The fraction of sp³-hybridized carbons (Fsp3) is 0.423. The Hall–Kier alpha value is -2.39. The Kier molecular flexibility index (Phi) is 9.66. The molecule has 0 aliphatic heterocycles. The Morgan fingerprint density at radius 3 is 1.90 bits per heavy atom. The SMILES string of the molecule is C=CC(=O)OC(Cc1ccc(CCCC)cc1)C(O)c1ccc(CCCC)cc1. The van der Waals surface area contributed by atoms with Gasteiger partial charge in [-0.1, -0.05) is 81.8 Å². The van der Waals surface area contributed by atoms with E-state index in [1.165, 1.54) is 24.0 Å². The molecule has 3 nitrogen and oxygen atoms in total. The summed E-state index contributed by atoms with van der Waals surface area (Å²) in [6.07, 6.45) is 6.79. The number of aliphatic hydroxyl groups is 1. The molecule has 2 rings (SSSR count). The molecule has 0 spiro atoms. The first-order chi connectivity index (χ1) is 14.1. The Morgan fingerprint density at radius 2 is 1.41 bits per heavy atom. The lowest BCUT2D eigenvalue weighted by Crippen LogP contribution is -2.27. The van der Waals surface area contributed by atoms with Crippen molar-refractivity contribution in [1.29, 1.82) is 0 Å². The summed E-state index contributed by atoms with van der Waals surface area (Å²) < 4.78 is 5.50. The Bertz CT molecular complexity index is 747. The van der Waals surface area contributed by atoms with Gasteiger partial charge in [-0.15, -0.1) is 0 Å². The molecule has 2 unspecified atom stereocenters. The molecule has 1 N–H and O–H groups in total. The monoisotopic (exact) mass is 394 g/mol. The van der Waals surface area contributed by atoms with Crippen LogP contribution in [0.3, 0.4) is 0 Å². The number of unbranched alkanes of at least 4 members (excludes halogenated alkanes) is 2. The molecule has 0 bridgehead atoms. The Labute approximate surface area is 175 Å². The first kappa shape index (κ1) is 22.9. The standard InChI is InChI=1S/C26H34O3/c1-4-7-9-20-11-13-22(14-12-20)19-24(29-25(27)6-3)26(28)23-17-15-21(16-18-23)10-8-5-2/h6,11-18,24,26,28H,3-5,7-10,19H2,1-2H3. The van der Waals surface area contributed by atoms with Gasteiger partial charge in [0.05, 0.1) is 0 Å². The maximum absolute atomic E-state index is 11.8. The normalized spacial score (nSPS) is 12.9. The van der Waals surface area contributed by atoms with Crippen molar-refractivity contribution in [3.05, 3.63) is 83.4 Å². The molecular formula is C26H34O3. The van der Waals surface area contributed by atoms with Crippen molar-refractivity contribution in [3.63, 3.8) is 0 Å². The van der Waals surface area contributed by atoms with Crippen molar-refractivity contribution in [2.45, 2.75) is 71.0 Å². The minimum absolute atomic E-state index is 0.451. The molecule has 0 aliphatic rings. The lowest BCUT2D eigenvalue weighted by Gasteiger charge is -2.23. The van der Waals surface area contributed by atoms with E-state index in [0.717, 1.165) is 42.9 Å². The molecule has 2 aromatic rings. The molecule has 2 atom stereocenters. The molecule has 0 heterocycles. The largest absolute Gasteiger partial charge is 0.456 e.